The number of aliphatic hydroxyl groups is 1. The van der Waals surface area contributed by atoms with E-state index in [4.69, 9.17) is 5.11 Å². The van der Waals surface area contributed by atoms with Crippen LogP contribution in [0, 0.1) is 0 Å². The molecular weight excluding hydrogens is 152 g/mol. The van der Waals surface area contributed by atoms with Crippen LogP contribution in [-0.4, -0.2) is 14.9 Å². The van der Waals surface area contributed by atoms with E-state index in [1.165, 1.54) is 0 Å². The van der Waals surface area contributed by atoms with E-state index in [1.54, 1.807) is 10.9 Å². The summed E-state index contributed by atoms with van der Waals surface area (Å²) in [6.45, 7) is 4.30. The van der Waals surface area contributed by atoms with Crippen molar-refractivity contribution in [2.75, 3.05) is 0 Å². The molecule has 1 N–H and O–H groups in total. The highest BCUT2D eigenvalue weighted by Gasteiger charge is 2.11. The second-order valence-electron chi connectivity index (χ2n) is 2.91. The van der Waals surface area contributed by atoms with Crippen molar-refractivity contribution in [2.24, 2.45) is 0 Å². The molecule has 0 spiro atoms. The summed E-state index contributed by atoms with van der Waals surface area (Å²) in [5.41, 5.74) is 1.14. The van der Waals surface area contributed by atoms with Crippen LogP contribution in [0.3, 0.4) is 0 Å². The normalized spacial score (nSPS) is 11.0. The molecule has 1 aromatic rings. The predicted octanol–water partition coefficient (Wildman–Crippen LogP) is 1.74. The first-order chi connectivity index (χ1) is 5.83. The number of hydrogen-bond acceptors (Lipinski definition) is 2. The summed E-state index contributed by atoms with van der Waals surface area (Å²) in [4.78, 5) is 0. The highest BCUT2D eigenvalue weighted by Crippen LogP contribution is 2.21. The highest BCUT2D eigenvalue weighted by atomic mass is 16.3. The first kappa shape index (κ1) is 9.26. The molecule has 1 heterocycles. The topological polar surface area (TPSA) is 38.0 Å². The lowest BCUT2D eigenvalue weighted by atomic mass is 10.00. The van der Waals surface area contributed by atoms with Crippen molar-refractivity contribution in [1.82, 2.24) is 9.78 Å². The Morgan fingerprint density at radius 3 is 2.67 bits per heavy atom. The molecule has 3 heteroatoms. The van der Waals surface area contributed by atoms with Gasteiger partial charge in [-0.15, -0.1) is 0 Å². The van der Waals surface area contributed by atoms with Gasteiger partial charge in [-0.05, 0) is 18.9 Å². The summed E-state index contributed by atoms with van der Waals surface area (Å²) >= 11 is 0. The van der Waals surface area contributed by atoms with Crippen molar-refractivity contribution >= 4 is 0 Å². The Kier molecular flexibility index (Phi) is 3.29. The third kappa shape index (κ3) is 1.67. The number of nitrogens with zero attached hydrogens (tertiary/aromatic N) is 2. The molecule has 1 aromatic heterocycles. The molecule has 0 aromatic carbocycles. The lowest BCUT2D eigenvalue weighted by Gasteiger charge is -2.12. The molecule has 0 unspecified atom stereocenters. The number of rotatable bonds is 4. The van der Waals surface area contributed by atoms with Crippen LogP contribution in [0.2, 0.25) is 0 Å². The molecule has 12 heavy (non-hydrogen) atoms. The molecule has 0 radical (unpaired) electrons. The zero-order valence-electron chi connectivity index (χ0n) is 7.70. The third-order valence-electron chi connectivity index (χ3n) is 2.29. The van der Waals surface area contributed by atoms with Crippen LogP contribution in [0.4, 0.5) is 0 Å². The average Bonchev–Trinajstić information content (AvgIpc) is 2.55. The second-order valence-corrected chi connectivity index (χ2v) is 2.91. The van der Waals surface area contributed by atoms with Crippen LogP contribution in [0.1, 0.15) is 38.3 Å². The quantitative estimate of drug-likeness (QED) is 0.743. The number of aromatic nitrogens is 2. The molecule has 0 aliphatic heterocycles. The standard InChI is InChI=1S/C9H16N2O/c1-3-8(4-2)9-5-6-10-11(9)7-12/h5-6,8,12H,3-4,7H2,1-2H3. The van der Waals surface area contributed by atoms with Gasteiger partial charge in [0, 0.05) is 17.8 Å². The maximum absolute atomic E-state index is 8.95. The maximum atomic E-state index is 8.95. The van der Waals surface area contributed by atoms with Crippen LogP contribution < -0.4 is 0 Å². The summed E-state index contributed by atoms with van der Waals surface area (Å²) in [6.07, 6.45) is 3.94. The predicted molar refractivity (Wildman–Crippen MR) is 47.8 cm³/mol. The van der Waals surface area contributed by atoms with Gasteiger partial charge in [0.15, 0.2) is 0 Å². The monoisotopic (exact) mass is 168 g/mol. The molecule has 0 bridgehead atoms. The van der Waals surface area contributed by atoms with Crippen molar-refractivity contribution in [3.8, 4) is 0 Å². The Morgan fingerprint density at radius 1 is 1.50 bits per heavy atom. The Bertz CT molecular complexity index is 228. The average molecular weight is 168 g/mol. The fourth-order valence-corrected chi connectivity index (χ4v) is 1.51. The van der Waals surface area contributed by atoms with E-state index < -0.39 is 0 Å². The van der Waals surface area contributed by atoms with E-state index in [0.29, 0.717) is 5.92 Å². The van der Waals surface area contributed by atoms with Crippen LogP contribution in [0.15, 0.2) is 12.3 Å². The first-order valence-corrected chi connectivity index (χ1v) is 4.46. The summed E-state index contributed by atoms with van der Waals surface area (Å²) in [6, 6.07) is 1.98. The van der Waals surface area contributed by atoms with Crippen molar-refractivity contribution in [3.63, 3.8) is 0 Å². The molecule has 0 aliphatic carbocycles. The molecule has 0 saturated heterocycles. The van der Waals surface area contributed by atoms with Gasteiger partial charge in [0.1, 0.15) is 6.73 Å². The number of aliphatic hydroxyl groups excluding tert-OH is 1. The van der Waals surface area contributed by atoms with Gasteiger partial charge >= 0.3 is 0 Å². The molecule has 0 amide bonds. The van der Waals surface area contributed by atoms with Crippen molar-refractivity contribution in [1.29, 1.82) is 0 Å². The van der Waals surface area contributed by atoms with E-state index in [0.717, 1.165) is 18.5 Å². The largest absolute Gasteiger partial charge is 0.374 e. The Balaban J connectivity index is 2.83. The first-order valence-electron chi connectivity index (χ1n) is 4.46. The summed E-state index contributed by atoms with van der Waals surface area (Å²) < 4.78 is 1.65. The highest BCUT2D eigenvalue weighted by molar-refractivity contribution is 5.06. The molecule has 68 valence electrons. The molecule has 0 saturated carbocycles. The lowest BCUT2D eigenvalue weighted by Crippen LogP contribution is -2.08. The van der Waals surface area contributed by atoms with Crippen LogP contribution in [0.25, 0.3) is 0 Å². The van der Waals surface area contributed by atoms with Crippen molar-refractivity contribution < 1.29 is 5.11 Å². The molecule has 0 fully saturated rings. The Hall–Kier alpha value is -0.830. The van der Waals surface area contributed by atoms with Gasteiger partial charge in [-0.1, -0.05) is 13.8 Å². The lowest BCUT2D eigenvalue weighted by molar-refractivity contribution is 0.188. The summed E-state index contributed by atoms with van der Waals surface area (Å²) in [5, 5.41) is 13.0. The van der Waals surface area contributed by atoms with Gasteiger partial charge < -0.3 is 5.11 Å². The summed E-state index contributed by atoms with van der Waals surface area (Å²) in [7, 11) is 0. The second kappa shape index (κ2) is 4.26. The Labute approximate surface area is 73.0 Å². The minimum absolute atomic E-state index is 0.0150. The minimum Gasteiger partial charge on any atom is -0.374 e. The van der Waals surface area contributed by atoms with E-state index in [9.17, 15) is 0 Å². The SMILES string of the molecule is CCC(CC)c1ccnn1CO. The molecule has 3 nitrogen and oxygen atoms in total. The van der Waals surface area contributed by atoms with E-state index in [1.807, 2.05) is 6.07 Å². The van der Waals surface area contributed by atoms with E-state index in [-0.39, 0.29) is 6.73 Å². The summed E-state index contributed by atoms with van der Waals surface area (Å²) in [5.74, 6) is 0.527. The van der Waals surface area contributed by atoms with Crippen LogP contribution in [-0.2, 0) is 6.73 Å². The molecule has 0 atom stereocenters. The van der Waals surface area contributed by atoms with Gasteiger partial charge in [-0.25, -0.2) is 4.68 Å². The fraction of sp³-hybridized carbons (Fsp3) is 0.667. The van der Waals surface area contributed by atoms with Gasteiger partial charge in [-0.3, -0.25) is 0 Å². The maximum Gasteiger partial charge on any atom is 0.136 e. The molecule has 0 aliphatic rings. The van der Waals surface area contributed by atoms with E-state index >= 15 is 0 Å². The Morgan fingerprint density at radius 2 is 2.17 bits per heavy atom. The minimum atomic E-state index is -0.0150. The van der Waals surface area contributed by atoms with Gasteiger partial charge in [0.05, 0.1) is 0 Å². The third-order valence-corrected chi connectivity index (χ3v) is 2.29. The smallest absolute Gasteiger partial charge is 0.136 e. The van der Waals surface area contributed by atoms with E-state index in [2.05, 4.69) is 18.9 Å². The van der Waals surface area contributed by atoms with Crippen LogP contribution in [0.5, 0.6) is 0 Å². The fourth-order valence-electron chi connectivity index (χ4n) is 1.51. The van der Waals surface area contributed by atoms with Crippen molar-refractivity contribution in [3.05, 3.63) is 18.0 Å². The number of hydrogen-bond donors (Lipinski definition) is 1. The van der Waals surface area contributed by atoms with Crippen LogP contribution >= 0.6 is 0 Å². The van der Waals surface area contributed by atoms with Gasteiger partial charge in [0.2, 0.25) is 0 Å². The molecule has 1 rings (SSSR count). The zero-order valence-corrected chi connectivity index (χ0v) is 7.70. The zero-order chi connectivity index (χ0) is 8.97. The molecular formula is C9H16N2O. The van der Waals surface area contributed by atoms with Crippen molar-refractivity contribution in [2.45, 2.75) is 39.3 Å². The van der Waals surface area contributed by atoms with Gasteiger partial charge in [-0.2, -0.15) is 5.10 Å². The van der Waals surface area contributed by atoms with Gasteiger partial charge in [0.25, 0.3) is 0 Å².